The molecular formula is C16H22N2S. The minimum atomic E-state index is 0.337. The van der Waals surface area contributed by atoms with Crippen molar-refractivity contribution < 1.29 is 0 Å². The van der Waals surface area contributed by atoms with E-state index in [1.165, 1.54) is 31.2 Å². The highest BCUT2D eigenvalue weighted by atomic mass is 32.2. The van der Waals surface area contributed by atoms with Gasteiger partial charge >= 0.3 is 0 Å². The van der Waals surface area contributed by atoms with E-state index < -0.39 is 0 Å². The lowest BCUT2D eigenvalue weighted by molar-refractivity contribution is 0.428. The smallest absolute Gasteiger partial charge is 0.157 e. The Hall–Kier alpha value is -0.960. The third-order valence-electron chi connectivity index (χ3n) is 4.29. The first-order valence-electron chi connectivity index (χ1n) is 7.35. The number of nitrogens with zero attached hydrogens (tertiary/aromatic N) is 1. The molecule has 0 saturated heterocycles. The first-order valence-corrected chi connectivity index (χ1v) is 8.33. The fourth-order valence-corrected chi connectivity index (χ4v) is 4.12. The zero-order valence-corrected chi connectivity index (χ0v) is 12.3. The van der Waals surface area contributed by atoms with Crippen LogP contribution in [0.5, 0.6) is 0 Å². The summed E-state index contributed by atoms with van der Waals surface area (Å²) in [5.41, 5.74) is 1.33. The number of hydrogen-bond donors (Lipinski definition) is 1. The quantitative estimate of drug-likeness (QED) is 0.901. The third-order valence-corrected chi connectivity index (χ3v) is 5.27. The Balaban J connectivity index is 1.60. The highest BCUT2D eigenvalue weighted by Gasteiger charge is 2.25. The molecule has 102 valence electrons. The number of benzene rings is 1. The molecule has 1 fully saturated rings. The summed E-state index contributed by atoms with van der Waals surface area (Å²) in [5.74, 6) is 1.92. The maximum Gasteiger partial charge on any atom is 0.157 e. The maximum atomic E-state index is 4.84. The van der Waals surface area contributed by atoms with Gasteiger partial charge in [0.25, 0.3) is 0 Å². The Morgan fingerprint density at radius 2 is 1.95 bits per heavy atom. The van der Waals surface area contributed by atoms with Gasteiger partial charge in [0.2, 0.25) is 0 Å². The predicted molar refractivity (Wildman–Crippen MR) is 83.6 cm³/mol. The lowest BCUT2D eigenvalue weighted by Gasteiger charge is -2.20. The Morgan fingerprint density at radius 3 is 2.68 bits per heavy atom. The molecule has 2 atom stereocenters. The molecule has 3 heteroatoms. The van der Waals surface area contributed by atoms with Crippen molar-refractivity contribution in [3.63, 3.8) is 0 Å². The normalized spacial score (nSPS) is 25.3. The molecule has 2 unspecified atom stereocenters. The zero-order valence-electron chi connectivity index (χ0n) is 11.5. The van der Waals surface area contributed by atoms with Crippen LogP contribution in [0.3, 0.4) is 0 Å². The molecular weight excluding hydrogens is 252 g/mol. The van der Waals surface area contributed by atoms with Crippen molar-refractivity contribution in [2.45, 2.75) is 44.7 Å². The van der Waals surface area contributed by atoms with E-state index in [2.05, 4.69) is 42.6 Å². The van der Waals surface area contributed by atoms with E-state index in [0.717, 1.165) is 16.8 Å². The van der Waals surface area contributed by atoms with E-state index in [9.17, 15) is 0 Å². The molecule has 1 aromatic carbocycles. The van der Waals surface area contributed by atoms with Crippen molar-refractivity contribution in [2.24, 2.45) is 10.9 Å². The summed E-state index contributed by atoms with van der Waals surface area (Å²) < 4.78 is 0. The fourth-order valence-electron chi connectivity index (χ4n) is 3.07. The lowest BCUT2D eigenvalue weighted by Crippen LogP contribution is -2.35. The second kappa shape index (κ2) is 6.00. The van der Waals surface area contributed by atoms with Gasteiger partial charge in [0.05, 0.1) is 6.04 Å². The number of rotatable bonds is 3. The standard InChI is InChI=1S/C16H22N2S/c1-12(13-7-5-6-8-13)17-16-18-15(11-19-16)14-9-3-2-4-10-14/h2-4,9-10,12-13,15H,5-8,11H2,1H3,(H,17,18). The molecule has 1 aliphatic carbocycles. The average Bonchev–Trinajstić information content (AvgIpc) is 3.11. The molecule has 1 aromatic rings. The number of nitrogens with one attached hydrogen (secondary N) is 1. The van der Waals surface area contributed by atoms with Crippen molar-refractivity contribution in [3.8, 4) is 0 Å². The van der Waals surface area contributed by atoms with Gasteiger partial charge in [-0.15, -0.1) is 0 Å². The van der Waals surface area contributed by atoms with Crippen LogP contribution in [0.2, 0.25) is 0 Å². The second-order valence-corrected chi connectivity index (χ2v) is 6.66. The van der Waals surface area contributed by atoms with Crippen LogP contribution in [0.25, 0.3) is 0 Å². The molecule has 1 saturated carbocycles. The van der Waals surface area contributed by atoms with Gasteiger partial charge in [-0.25, -0.2) is 0 Å². The highest BCUT2D eigenvalue weighted by Crippen LogP contribution is 2.31. The molecule has 19 heavy (non-hydrogen) atoms. The van der Waals surface area contributed by atoms with Crippen molar-refractivity contribution in [1.82, 2.24) is 5.32 Å². The number of thioether (sulfide) groups is 1. The van der Waals surface area contributed by atoms with Crippen LogP contribution in [0, 0.1) is 5.92 Å². The number of hydrogen-bond acceptors (Lipinski definition) is 3. The van der Waals surface area contributed by atoms with Crippen molar-refractivity contribution in [1.29, 1.82) is 0 Å². The van der Waals surface area contributed by atoms with Crippen LogP contribution in [-0.2, 0) is 0 Å². The molecule has 0 radical (unpaired) electrons. The lowest BCUT2D eigenvalue weighted by atomic mass is 10.0. The molecule has 0 bridgehead atoms. The van der Waals surface area contributed by atoms with Gasteiger partial charge in [-0.2, -0.15) is 0 Å². The topological polar surface area (TPSA) is 24.4 Å². The summed E-state index contributed by atoms with van der Waals surface area (Å²) >= 11 is 1.87. The molecule has 0 spiro atoms. The Bertz CT molecular complexity index is 437. The van der Waals surface area contributed by atoms with Crippen LogP contribution in [0.1, 0.15) is 44.2 Å². The van der Waals surface area contributed by atoms with Crippen LogP contribution in [0.4, 0.5) is 0 Å². The molecule has 1 heterocycles. The Morgan fingerprint density at radius 1 is 1.21 bits per heavy atom. The van der Waals surface area contributed by atoms with Crippen LogP contribution in [0.15, 0.2) is 35.3 Å². The van der Waals surface area contributed by atoms with Crippen LogP contribution < -0.4 is 5.32 Å². The second-order valence-electron chi connectivity index (χ2n) is 5.65. The summed E-state index contributed by atoms with van der Waals surface area (Å²) in [4.78, 5) is 4.84. The first kappa shape index (κ1) is 13.0. The zero-order chi connectivity index (χ0) is 13.1. The molecule has 0 amide bonds. The monoisotopic (exact) mass is 274 g/mol. The molecule has 2 nitrogen and oxygen atoms in total. The van der Waals surface area contributed by atoms with Crippen LogP contribution >= 0.6 is 11.8 Å². The highest BCUT2D eigenvalue weighted by molar-refractivity contribution is 8.14. The first-order chi connectivity index (χ1) is 9.33. The Labute approximate surface area is 120 Å². The van der Waals surface area contributed by atoms with Crippen molar-refractivity contribution in [2.75, 3.05) is 5.75 Å². The average molecular weight is 274 g/mol. The maximum absolute atomic E-state index is 4.84. The van der Waals surface area contributed by atoms with E-state index in [0.29, 0.717) is 12.1 Å². The van der Waals surface area contributed by atoms with Crippen molar-refractivity contribution in [3.05, 3.63) is 35.9 Å². The van der Waals surface area contributed by atoms with E-state index >= 15 is 0 Å². The fraction of sp³-hybridized carbons (Fsp3) is 0.562. The number of aliphatic imine (C=N–C) groups is 1. The third kappa shape index (κ3) is 3.14. The summed E-state index contributed by atoms with van der Waals surface area (Å²) in [6, 6.07) is 11.5. The van der Waals surface area contributed by atoms with E-state index in [1.807, 2.05) is 11.8 Å². The molecule has 0 aromatic heterocycles. The number of amidine groups is 1. The molecule has 3 rings (SSSR count). The largest absolute Gasteiger partial charge is 0.362 e. The summed E-state index contributed by atoms with van der Waals surface area (Å²) in [7, 11) is 0. The summed E-state index contributed by atoms with van der Waals surface area (Å²) in [5, 5.41) is 4.78. The molecule has 2 aliphatic rings. The predicted octanol–water partition coefficient (Wildman–Crippen LogP) is 4.00. The van der Waals surface area contributed by atoms with E-state index in [-0.39, 0.29) is 0 Å². The molecule has 1 N–H and O–H groups in total. The van der Waals surface area contributed by atoms with Crippen molar-refractivity contribution >= 4 is 16.9 Å². The summed E-state index contributed by atoms with van der Waals surface area (Å²) in [6.45, 7) is 2.31. The van der Waals surface area contributed by atoms with Gasteiger partial charge in [-0.1, -0.05) is 54.9 Å². The van der Waals surface area contributed by atoms with Gasteiger partial charge in [0.1, 0.15) is 0 Å². The molecule has 1 aliphatic heterocycles. The van der Waals surface area contributed by atoms with E-state index in [1.54, 1.807) is 0 Å². The minimum absolute atomic E-state index is 0.337. The Kier molecular flexibility index (Phi) is 4.12. The van der Waals surface area contributed by atoms with Gasteiger partial charge in [-0.3, -0.25) is 4.99 Å². The van der Waals surface area contributed by atoms with Gasteiger partial charge < -0.3 is 5.32 Å². The van der Waals surface area contributed by atoms with Gasteiger partial charge in [0, 0.05) is 11.8 Å². The SMILES string of the molecule is CC(NC1=NC(c2ccccc2)CS1)C1CCCC1. The summed E-state index contributed by atoms with van der Waals surface area (Å²) in [6.07, 6.45) is 5.58. The van der Waals surface area contributed by atoms with Gasteiger partial charge in [0.15, 0.2) is 5.17 Å². The van der Waals surface area contributed by atoms with Gasteiger partial charge in [-0.05, 0) is 31.2 Å². The minimum Gasteiger partial charge on any atom is -0.362 e. The van der Waals surface area contributed by atoms with E-state index in [4.69, 9.17) is 4.99 Å². The van der Waals surface area contributed by atoms with Crippen LogP contribution in [-0.4, -0.2) is 17.0 Å².